The van der Waals surface area contributed by atoms with E-state index in [9.17, 15) is 14.9 Å². The lowest BCUT2D eigenvalue weighted by Crippen LogP contribution is -2.12. The first kappa shape index (κ1) is 21.0. The largest absolute Gasteiger partial charge is 0.439 e. The summed E-state index contributed by atoms with van der Waals surface area (Å²) in [5, 5.41) is 13.5. The Morgan fingerprint density at radius 1 is 1.09 bits per heavy atom. The van der Waals surface area contributed by atoms with Crippen LogP contribution in [0.15, 0.2) is 73.1 Å². The zero-order valence-electron chi connectivity index (χ0n) is 16.7. The maximum absolute atomic E-state index is 12.5. The number of aromatic nitrogens is 3. The van der Waals surface area contributed by atoms with Gasteiger partial charge in [-0.15, -0.1) is 0 Å². The van der Waals surface area contributed by atoms with Crippen LogP contribution < -0.4 is 10.1 Å². The zero-order valence-corrected chi connectivity index (χ0v) is 17.5. The fraction of sp³-hybridized carbons (Fsp3) is 0.0455. The van der Waals surface area contributed by atoms with E-state index in [1.54, 1.807) is 37.3 Å². The first-order chi connectivity index (χ1) is 15.4. The molecule has 0 aliphatic rings. The van der Waals surface area contributed by atoms with E-state index in [1.807, 2.05) is 29.1 Å². The van der Waals surface area contributed by atoms with Gasteiger partial charge in [0.05, 0.1) is 15.5 Å². The summed E-state index contributed by atoms with van der Waals surface area (Å²) in [6.07, 6.45) is 3.75. The van der Waals surface area contributed by atoms with Crippen molar-refractivity contribution < 1.29 is 14.5 Å². The van der Waals surface area contributed by atoms with E-state index in [1.165, 1.54) is 12.1 Å². The lowest BCUT2D eigenvalue weighted by molar-refractivity contribution is -0.384. The number of carbonyl (C=O) groups is 1. The summed E-state index contributed by atoms with van der Waals surface area (Å²) in [4.78, 5) is 31.4. The van der Waals surface area contributed by atoms with Crippen LogP contribution in [-0.4, -0.2) is 25.4 Å². The molecule has 1 amide bonds. The number of amides is 1. The first-order valence-corrected chi connectivity index (χ1v) is 9.79. The molecule has 10 heteroatoms. The van der Waals surface area contributed by atoms with Crippen molar-refractivity contribution in [3.05, 3.63) is 99.6 Å². The van der Waals surface area contributed by atoms with Crippen LogP contribution in [0.25, 0.3) is 5.82 Å². The highest BCUT2D eigenvalue weighted by atomic mass is 35.5. The summed E-state index contributed by atoms with van der Waals surface area (Å²) >= 11 is 6.01. The Morgan fingerprint density at radius 2 is 1.81 bits per heavy atom. The Balaban J connectivity index is 1.46. The van der Waals surface area contributed by atoms with E-state index < -0.39 is 10.8 Å². The lowest BCUT2D eigenvalue weighted by Gasteiger charge is -2.10. The molecule has 0 aliphatic heterocycles. The Morgan fingerprint density at radius 3 is 2.47 bits per heavy atom. The van der Waals surface area contributed by atoms with Gasteiger partial charge in [-0.3, -0.25) is 14.9 Å². The van der Waals surface area contributed by atoms with Crippen molar-refractivity contribution in [2.24, 2.45) is 0 Å². The van der Waals surface area contributed by atoms with Gasteiger partial charge in [0.15, 0.2) is 0 Å². The molecule has 0 aliphatic carbocycles. The molecule has 1 N–H and O–H groups in total. The van der Waals surface area contributed by atoms with Gasteiger partial charge in [0.1, 0.15) is 17.4 Å². The minimum Gasteiger partial charge on any atom is -0.439 e. The molecule has 0 saturated heterocycles. The summed E-state index contributed by atoms with van der Waals surface area (Å²) in [6.45, 7) is 1.78. The summed E-state index contributed by atoms with van der Waals surface area (Å²) in [7, 11) is 0. The number of hydrogen-bond donors (Lipinski definition) is 1. The number of halogens is 1. The van der Waals surface area contributed by atoms with Crippen LogP contribution in [0.5, 0.6) is 11.6 Å². The SMILES string of the molecule is Cc1nc(Oc2ccc(NC(=O)c3ccc([N+](=O)[O-])cc3Cl)cc2)cc(-n2cccc2)n1. The quantitative estimate of drug-likeness (QED) is 0.320. The van der Waals surface area contributed by atoms with E-state index in [-0.39, 0.29) is 16.3 Å². The van der Waals surface area contributed by atoms with Gasteiger partial charge >= 0.3 is 0 Å². The smallest absolute Gasteiger partial charge is 0.270 e. The number of nitro benzene ring substituents is 1. The van der Waals surface area contributed by atoms with E-state index in [2.05, 4.69) is 15.3 Å². The third-order valence-electron chi connectivity index (χ3n) is 4.41. The minimum atomic E-state index is -0.576. The molecule has 4 rings (SSSR count). The van der Waals surface area contributed by atoms with Crippen LogP contribution in [-0.2, 0) is 0 Å². The summed E-state index contributed by atoms with van der Waals surface area (Å²) < 4.78 is 7.69. The highest BCUT2D eigenvalue weighted by Crippen LogP contribution is 2.25. The Labute approximate surface area is 187 Å². The number of hydrogen-bond acceptors (Lipinski definition) is 6. The van der Waals surface area contributed by atoms with Gasteiger partial charge in [0.2, 0.25) is 5.88 Å². The average molecular weight is 450 g/mol. The van der Waals surface area contributed by atoms with E-state index in [4.69, 9.17) is 16.3 Å². The Bertz CT molecular complexity index is 1290. The molecular formula is C22H16ClN5O4. The van der Waals surface area contributed by atoms with Crippen molar-refractivity contribution in [2.45, 2.75) is 6.92 Å². The molecule has 160 valence electrons. The third-order valence-corrected chi connectivity index (χ3v) is 4.73. The maximum atomic E-state index is 12.5. The van der Waals surface area contributed by atoms with E-state index >= 15 is 0 Å². The molecule has 2 aromatic heterocycles. The van der Waals surface area contributed by atoms with Crippen LogP contribution in [0, 0.1) is 17.0 Å². The van der Waals surface area contributed by atoms with Crippen LogP contribution in [0.1, 0.15) is 16.2 Å². The molecule has 4 aromatic rings. The van der Waals surface area contributed by atoms with Gasteiger partial charge in [-0.2, -0.15) is 4.98 Å². The molecular weight excluding hydrogens is 434 g/mol. The number of nitro groups is 1. The van der Waals surface area contributed by atoms with Gasteiger partial charge in [0.25, 0.3) is 11.6 Å². The second-order valence-corrected chi connectivity index (χ2v) is 7.11. The molecule has 9 nitrogen and oxygen atoms in total. The number of non-ortho nitro benzene ring substituents is 1. The first-order valence-electron chi connectivity index (χ1n) is 9.41. The standard InChI is InChI=1S/C22H16ClN5O4/c1-14-24-20(27-10-2-3-11-27)13-21(25-14)32-17-7-4-15(5-8-17)26-22(29)18-9-6-16(28(30)31)12-19(18)23/h2-13H,1H3,(H,26,29). The highest BCUT2D eigenvalue weighted by Gasteiger charge is 2.15. The fourth-order valence-electron chi connectivity index (χ4n) is 2.92. The zero-order chi connectivity index (χ0) is 22.7. The molecule has 2 heterocycles. The number of carbonyl (C=O) groups excluding carboxylic acids is 1. The van der Waals surface area contributed by atoms with Crippen LogP contribution in [0.3, 0.4) is 0 Å². The maximum Gasteiger partial charge on any atom is 0.270 e. The van der Waals surface area contributed by atoms with Gasteiger partial charge in [-0.05, 0) is 49.4 Å². The lowest BCUT2D eigenvalue weighted by atomic mass is 10.2. The summed E-state index contributed by atoms with van der Waals surface area (Å²) in [6, 6.07) is 15.9. The molecule has 32 heavy (non-hydrogen) atoms. The molecule has 0 radical (unpaired) electrons. The van der Waals surface area contributed by atoms with Crippen molar-refractivity contribution >= 4 is 28.9 Å². The van der Waals surface area contributed by atoms with Crippen molar-refractivity contribution in [2.75, 3.05) is 5.32 Å². The second kappa shape index (κ2) is 8.86. The highest BCUT2D eigenvalue weighted by molar-refractivity contribution is 6.34. The van der Waals surface area contributed by atoms with Gasteiger partial charge in [-0.25, -0.2) is 4.98 Å². The molecule has 0 unspecified atom stereocenters. The van der Waals surface area contributed by atoms with Crippen LogP contribution in [0.2, 0.25) is 5.02 Å². The predicted octanol–water partition coefficient (Wildman–Crippen LogP) is 5.18. The predicted molar refractivity (Wildman–Crippen MR) is 119 cm³/mol. The second-order valence-electron chi connectivity index (χ2n) is 6.70. The normalized spacial score (nSPS) is 10.6. The van der Waals surface area contributed by atoms with Crippen molar-refractivity contribution in [1.29, 1.82) is 0 Å². The fourth-order valence-corrected chi connectivity index (χ4v) is 3.18. The average Bonchev–Trinajstić information content (AvgIpc) is 3.29. The molecule has 0 atom stereocenters. The van der Waals surface area contributed by atoms with Crippen molar-refractivity contribution in [1.82, 2.24) is 14.5 Å². The Hall–Kier alpha value is -4.24. The number of nitrogens with zero attached hydrogens (tertiary/aromatic N) is 4. The van der Waals surface area contributed by atoms with Gasteiger partial charge in [0, 0.05) is 36.3 Å². The van der Waals surface area contributed by atoms with E-state index in [0.717, 1.165) is 6.07 Å². The number of anilines is 1. The number of nitrogens with one attached hydrogen (secondary N) is 1. The van der Waals surface area contributed by atoms with Crippen LogP contribution >= 0.6 is 11.6 Å². The van der Waals surface area contributed by atoms with Crippen molar-refractivity contribution in [3.63, 3.8) is 0 Å². The molecule has 0 spiro atoms. The molecule has 0 saturated carbocycles. The number of ether oxygens (including phenoxy) is 1. The van der Waals surface area contributed by atoms with Gasteiger partial charge < -0.3 is 14.6 Å². The third kappa shape index (κ3) is 4.73. The number of rotatable bonds is 6. The molecule has 0 fully saturated rings. The summed E-state index contributed by atoms with van der Waals surface area (Å²) in [5.41, 5.74) is 0.447. The number of aryl methyl sites for hydroxylation is 1. The topological polar surface area (TPSA) is 112 Å². The van der Waals surface area contributed by atoms with Crippen LogP contribution in [0.4, 0.5) is 11.4 Å². The monoisotopic (exact) mass is 449 g/mol. The molecule has 2 aromatic carbocycles. The molecule has 0 bridgehead atoms. The van der Waals surface area contributed by atoms with Crippen molar-refractivity contribution in [3.8, 4) is 17.4 Å². The minimum absolute atomic E-state index is 0.00530. The summed E-state index contributed by atoms with van der Waals surface area (Å²) in [5.74, 6) is 1.67. The Kier molecular flexibility index (Phi) is 5.82. The van der Waals surface area contributed by atoms with Gasteiger partial charge in [-0.1, -0.05) is 11.6 Å². The number of benzene rings is 2. The van der Waals surface area contributed by atoms with E-state index in [0.29, 0.717) is 29.0 Å².